The van der Waals surface area contributed by atoms with Crippen LogP contribution in [0.5, 0.6) is 5.75 Å². The average Bonchev–Trinajstić information content (AvgIpc) is 2.51. The molecule has 0 aromatic heterocycles. The minimum absolute atomic E-state index is 0.176. The lowest BCUT2D eigenvalue weighted by molar-refractivity contribution is -0.139. The molecule has 2 amide bonds. The normalized spacial score (nSPS) is 10.3. The number of halogens is 3. The summed E-state index contributed by atoms with van der Waals surface area (Å²) >= 11 is 12.8. The van der Waals surface area contributed by atoms with E-state index in [1.807, 2.05) is 0 Å². The van der Waals surface area contributed by atoms with Crippen LogP contribution in [0.25, 0.3) is 0 Å². The van der Waals surface area contributed by atoms with E-state index in [4.69, 9.17) is 21.4 Å². The van der Waals surface area contributed by atoms with Gasteiger partial charge in [-0.2, -0.15) is 0 Å². The minimum Gasteiger partial charge on any atom is -0.487 e. The Morgan fingerprint density at radius 2 is 1.64 bits per heavy atom. The maximum atomic E-state index is 11.6. The molecule has 0 saturated carbocycles. The zero-order chi connectivity index (χ0) is 20.8. The Labute approximate surface area is 182 Å². The molecule has 28 heavy (non-hydrogen) atoms. The Morgan fingerprint density at radius 1 is 1.04 bits per heavy atom. The fourth-order valence-corrected chi connectivity index (χ4v) is 3.95. The van der Waals surface area contributed by atoms with Gasteiger partial charge in [0.2, 0.25) is 11.8 Å². The first-order chi connectivity index (χ1) is 13.1. The molecule has 0 unspecified atom stereocenters. The van der Waals surface area contributed by atoms with Crippen molar-refractivity contribution < 1.29 is 24.2 Å². The average molecular weight is 535 g/mol. The fraction of sp³-hybridized carbons (Fsp3) is 0.167. The van der Waals surface area contributed by atoms with Crippen LogP contribution >= 0.6 is 43.5 Å². The van der Waals surface area contributed by atoms with Gasteiger partial charge in [0.25, 0.3) is 0 Å². The molecule has 0 saturated heterocycles. The number of ether oxygens (including phenoxy) is 1. The molecule has 148 valence electrons. The van der Waals surface area contributed by atoms with Crippen LogP contribution in [0.4, 0.5) is 11.4 Å². The van der Waals surface area contributed by atoms with Crippen molar-refractivity contribution in [3.05, 3.63) is 49.9 Å². The smallest absolute Gasteiger partial charge is 0.312 e. The van der Waals surface area contributed by atoms with Gasteiger partial charge in [-0.15, -0.1) is 0 Å². The van der Waals surface area contributed by atoms with Crippen LogP contribution in [-0.2, 0) is 21.0 Å². The number of carbonyl (C=O) groups excluding carboxylic acids is 2. The molecular formula is C18H15Br2ClN2O5. The number of carboxylic acid groups (broad SMARTS) is 1. The molecule has 0 atom stereocenters. The van der Waals surface area contributed by atoms with Crippen molar-refractivity contribution in [1.82, 2.24) is 0 Å². The fourth-order valence-electron chi connectivity index (χ4n) is 2.28. The third kappa shape index (κ3) is 6.81. The Balaban J connectivity index is 2.12. The highest BCUT2D eigenvalue weighted by atomic mass is 79.9. The van der Waals surface area contributed by atoms with E-state index in [2.05, 4.69) is 42.5 Å². The number of hydrogen-bond acceptors (Lipinski definition) is 4. The van der Waals surface area contributed by atoms with E-state index in [1.54, 1.807) is 30.3 Å². The molecule has 3 N–H and O–H groups in total. The summed E-state index contributed by atoms with van der Waals surface area (Å²) in [6.45, 7) is 1.58. The summed E-state index contributed by atoms with van der Waals surface area (Å²) in [7, 11) is 0. The molecular weight excluding hydrogens is 519 g/mol. The molecule has 2 rings (SSSR count). The molecule has 0 spiro atoms. The summed E-state index contributed by atoms with van der Waals surface area (Å²) in [5.41, 5.74) is 1.72. The number of anilines is 2. The van der Waals surface area contributed by atoms with Crippen LogP contribution in [0.2, 0.25) is 5.02 Å². The maximum Gasteiger partial charge on any atom is 0.312 e. The number of aliphatic carboxylic acids is 1. The standard InChI is InChI=1S/C18H15Br2ClN2O5/c1-9(24)22-12-3-10(2-11(21)4-12)8-28-18-14(19)5-13(6-15(18)20)23-16(25)7-17(26)27/h2-6H,7-8H2,1H3,(H,22,24)(H,23,25)(H,26,27). The van der Waals surface area contributed by atoms with Crippen LogP contribution in [0.15, 0.2) is 39.3 Å². The highest BCUT2D eigenvalue weighted by Gasteiger charge is 2.13. The number of hydrogen-bond donors (Lipinski definition) is 3. The molecule has 0 bridgehead atoms. The number of amides is 2. The Morgan fingerprint density at radius 3 is 2.21 bits per heavy atom. The van der Waals surface area contributed by atoms with Crippen molar-refractivity contribution in [3.8, 4) is 5.75 Å². The summed E-state index contributed by atoms with van der Waals surface area (Å²) in [4.78, 5) is 33.4. The SMILES string of the molecule is CC(=O)Nc1cc(Cl)cc(COc2c(Br)cc(NC(=O)CC(=O)O)cc2Br)c1. The molecule has 0 radical (unpaired) electrons. The van der Waals surface area contributed by atoms with Crippen LogP contribution in [0.1, 0.15) is 18.9 Å². The predicted molar refractivity (Wildman–Crippen MR) is 113 cm³/mol. The van der Waals surface area contributed by atoms with Crippen molar-refractivity contribution >= 4 is 72.6 Å². The topological polar surface area (TPSA) is 105 Å². The largest absolute Gasteiger partial charge is 0.487 e. The number of carbonyl (C=O) groups is 3. The quantitative estimate of drug-likeness (QED) is 0.442. The van der Waals surface area contributed by atoms with E-state index < -0.39 is 18.3 Å². The van der Waals surface area contributed by atoms with Gasteiger partial charge in [0, 0.05) is 23.3 Å². The van der Waals surface area contributed by atoms with Gasteiger partial charge >= 0.3 is 5.97 Å². The van der Waals surface area contributed by atoms with Crippen molar-refractivity contribution in [3.63, 3.8) is 0 Å². The molecule has 0 heterocycles. The number of benzene rings is 2. The monoisotopic (exact) mass is 532 g/mol. The van der Waals surface area contributed by atoms with Crippen LogP contribution in [0.3, 0.4) is 0 Å². The highest BCUT2D eigenvalue weighted by molar-refractivity contribution is 9.11. The Kier molecular flexibility index (Phi) is 7.85. The van der Waals surface area contributed by atoms with Gasteiger partial charge in [-0.05, 0) is 67.8 Å². The van der Waals surface area contributed by atoms with E-state index in [1.165, 1.54) is 6.92 Å². The van der Waals surface area contributed by atoms with Crippen LogP contribution in [0, 0.1) is 0 Å². The summed E-state index contributed by atoms with van der Waals surface area (Å²) in [6.07, 6.45) is -0.626. The molecule has 2 aromatic carbocycles. The van der Waals surface area contributed by atoms with Gasteiger partial charge in [-0.25, -0.2) is 0 Å². The van der Waals surface area contributed by atoms with E-state index in [0.717, 1.165) is 5.56 Å². The molecule has 0 aliphatic rings. The summed E-state index contributed by atoms with van der Waals surface area (Å²) in [5.74, 6) is -1.57. The third-order valence-electron chi connectivity index (χ3n) is 3.25. The number of rotatable bonds is 7. The minimum atomic E-state index is -1.21. The van der Waals surface area contributed by atoms with Crippen LogP contribution in [-0.4, -0.2) is 22.9 Å². The molecule has 0 aliphatic carbocycles. The molecule has 0 aliphatic heterocycles. The second kappa shape index (κ2) is 9.90. The predicted octanol–water partition coefficient (Wildman–Crippen LogP) is 4.82. The van der Waals surface area contributed by atoms with Gasteiger partial charge in [0.05, 0.1) is 8.95 Å². The highest BCUT2D eigenvalue weighted by Crippen LogP contribution is 2.37. The van der Waals surface area contributed by atoms with Crippen molar-refractivity contribution in [2.24, 2.45) is 0 Å². The van der Waals surface area contributed by atoms with Crippen molar-refractivity contribution in [2.75, 3.05) is 10.6 Å². The molecule has 2 aromatic rings. The van der Waals surface area contributed by atoms with E-state index in [0.29, 0.717) is 31.1 Å². The van der Waals surface area contributed by atoms with E-state index >= 15 is 0 Å². The maximum absolute atomic E-state index is 11.6. The van der Waals surface area contributed by atoms with Gasteiger partial charge in [-0.1, -0.05) is 11.6 Å². The second-order valence-corrected chi connectivity index (χ2v) is 7.85. The zero-order valence-electron chi connectivity index (χ0n) is 14.5. The summed E-state index contributed by atoms with van der Waals surface area (Å²) in [5, 5.41) is 14.3. The van der Waals surface area contributed by atoms with Crippen LogP contribution < -0.4 is 15.4 Å². The third-order valence-corrected chi connectivity index (χ3v) is 4.65. The molecule has 0 fully saturated rings. The lowest BCUT2D eigenvalue weighted by atomic mass is 10.2. The molecule has 10 heteroatoms. The Bertz CT molecular complexity index is 913. The van der Waals surface area contributed by atoms with Crippen molar-refractivity contribution in [1.29, 1.82) is 0 Å². The molecule has 7 nitrogen and oxygen atoms in total. The lowest BCUT2D eigenvalue weighted by Crippen LogP contribution is -2.16. The second-order valence-electron chi connectivity index (χ2n) is 5.71. The van der Waals surface area contributed by atoms with Gasteiger partial charge < -0.3 is 20.5 Å². The summed E-state index contributed by atoms with van der Waals surface area (Å²) in [6, 6.07) is 8.29. The number of nitrogens with one attached hydrogen (secondary N) is 2. The van der Waals surface area contributed by atoms with Gasteiger partial charge in [0.15, 0.2) is 0 Å². The Hall–Kier alpha value is -2.10. The van der Waals surface area contributed by atoms with Gasteiger partial charge in [-0.3, -0.25) is 14.4 Å². The van der Waals surface area contributed by atoms with E-state index in [-0.39, 0.29) is 12.5 Å². The first kappa shape index (κ1) is 22.2. The van der Waals surface area contributed by atoms with E-state index in [9.17, 15) is 14.4 Å². The number of carboxylic acids is 1. The summed E-state index contributed by atoms with van der Waals surface area (Å²) < 4.78 is 6.93. The first-order valence-electron chi connectivity index (χ1n) is 7.84. The van der Waals surface area contributed by atoms with Crippen molar-refractivity contribution in [2.45, 2.75) is 20.0 Å². The lowest BCUT2D eigenvalue weighted by Gasteiger charge is -2.14. The van der Waals surface area contributed by atoms with Gasteiger partial charge in [0.1, 0.15) is 18.8 Å². The first-order valence-corrected chi connectivity index (χ1v) is 9.81. The zero-order valence-corrected chi connectivity index (χ0v) is 18.4.